The van der Waals surface area contributed by atoms with Gasteiger partial charge in [0.2, 0.25) is 0 Å². The predicted molar refractivity (Wildman–Crippen MR) is 80.9 cm³/mol. The van der Waals surface area contributed by atoms with E-state index in [1.54, 1.807) is 24.4 Å². The van der Waals surface area contributed by atoms with Crippen molar-refractivity contribution in [1.29, 1.82) is 0 Å². The maximum atomic E-state index is 12.7. The first-order chi connectivity index (χ1) is 9.89. The minimum atomic E-state index is -3.91. The highest BCUT2D eigenvalue weighted by Crippen LogP contribution is 2.25. The van der Waals surface area contributed by atoms with Crippen molar-refractivity contribution in [2.45, 2.75) is 37.3 Å². The molecule has 0 aliphatic rings. The summed E-state index contributed by atoms with van der Waals surface area (Å²) in [5.41, 5.74) is -0.452. The second-order valence-electron chi connectivity index (χ2n) is 4.89. The molecule has 2 N–H and O–H groups in total. The van der Waals surface area contributed by atoms with Crippen molar-refractivity contribution in [2.75, 3.05) is 6.61 Å². The molecule has 0 fully saturated rings. The molecule has 6 nitrogen and oxygen atoms in total. The third-order valence-electron chi connectivity index (χ3n) is 3.71. The fraction of sp³-hybridized carbons (Fsp3) is 0.462. The number of nitrogens with one attached hydrogen (secondary N) is 1. The molecule has 8 heteroatoms. The fourth-order valence-corrected chi connectivity index (χ4v) is 4.35. The summed E-state index contributed by atoms with van der Waals surface area (Å²) in [4.78, 5) is 4.03. The molecular weight excluding hydrogens is 314 g/mol. The molecule has 0 amide bonds. The highest BCUT2D eigenvalue weighted by molar-refractivity contribution is 7.89. The Labute approximate surface area is 128 Å². The number of pyridine rings is 1. The van der Waals surface area contributed by atoms with E-state index in [-0.39, 0.29) is 16.8 Å². The summed E-state index contributed by atoms with van der Waals surface area (Å²) in [5.74, 6) is 0. The van der Waals surface area contributed by atoms with Crippen LogP contribution in [-0.2, 0) is 10.0 Å². The summed E-state index contributed by atoms with van der Waals surface area (Å²) in [5, 5.41) is 9.34. The van der Waals surface area contributed by atoms with Crippen LogP contribution in [0.2, 0.25) is 5.15 Å². The number of fused-ring (bicyclic) bond motifs is 1. The van der Waals surface area contributed by atoms with Gasteiger partial charge in [0, 0.05) is 6.20 Å². The number of nitrogens with zero attached hydrogens (tertiary/aromatic N) is 2. The maximum absolute atomic E-state index is 12.7. The van der Waals surface area contributed by atoms with Crippen LogP contribution >= 0.6 is 11.6 Å². The van der Waals surface area contributed by atoms with Gasteiger partial charge in [-0.15, -0.1) is 0 Å². The van der Waals surface area contributed by atoms with Gasteiger partial charge in [-0.3, -0.25) is 4.40 Å². The van der Waals surface area contributed by atoms with E-state index in [9.17, 15) is 13.5 Å². The Morgan fingerprint density at radius 3 is 2.62 bits per heavy atom. The van der Waals surface area contributed by atoms with Gasteiger partial charge in [-0.05, 0) is 25.0 Å². The molecule has 0 bridgehead atoms. The minimum Gasteiger partial charge on any atom is -0.394 e. The number of aliphatic hydroxyl groups excluding tert-OH is 1. The Bertz CT molecular complexity index is 730. The topological polar surface area (TPSA) is 83.7 Å². The van der Waals surface area contributed by atoms with Gasteiger partial charge in [-0.2, -0.15) is 0 Å². The Hall–Kier alpha value is -1.15. The van der Waals surface area contributed by atoms with Crippen LogP contribution in [0, 0.1) is 0 Å². The lowest BCUT2D eigenvalue weighted by atomic mass is 9.96. The lowest BCUT2D eigenvalue weighted by Gasteiger charge is -2.30. The molecule has 0 unspecified atom stereocenters. The van der Waals surface area contributed by atoms with Gasteiger partial charge in [0.1, 0.15) is 5.65 Å². The standard InChI is InChI=1S/C13H18ClN3O3S/c1-3-13(4-2,9-18)16-21(19,20)12-11(14)15-10-7-5-6-8-17(10)12/h5-8,16,18H,3-4,9H2,1-2H3. The highest BCUT2D eigenvalue weighted by Gasteiger charge is 2.34. The molecule has 2 rings (SSSR count). The summed E-state index contributed by atoms with van der Waals surface area (Å²) in [6, 6.07) is 5.12. The average molecular weight is 332 g/mol. The van der Waals surface area contributed by atoms with Gasteiger partial charge in [0.15, 0.2) is 10.2 Å². The van der Waals surface area contributed by atoms with E-state index in [1.165, 1.54) is 4.40 Å². The van der Waals surface area contributed by atoms with Crippen molar-refractivity contribution < 1.29 is 13.5 Å². The van der Waals surface area contributed by atoms with E-state index in [4.69, 9.17) is 11.6 Å². The van der Waals surface area contributed by atoms with Gasteiger partial charge in [0.25, 0.3) is 10.0 Å². The highest BCUT2D eigenvalue weighted by atomic mass is 35.5. The average Bonchev–Trinajstić information content (AvgIpc) is 2.81. The number of aromatic nitrogens is 2. The van der Waals surface area contributed by atoms with Crippen LogP contribution < -0.4 is 4.72 Å². The van der Waals surface area contributed by atoms with Crippen LogP contribution in [0.1, 0.15) is 26.7 Å². The van der Waals surface area contributed by atoms with E-state index in [2.05, 4.69) is 9.71 Å². The smallest absolute Gasteiger partial charge is 0.260 e. The van der Waals surface area contributed by atoms with Crippen LogP contribution in [-0.4, -0.2) is 35.1 Å². The zero-order valence-electron chi connectivity index (χ0n) is 11.9. The zero-order chi connectivity index (χ0) is 15.7. The Morgan fingerprint density at radius 1 is 1.38 bits per heavy atom. The fourth-order valence-electron chi connectivity index (χ4n) is 2.17. The number of halogens is 1. The summed E-state index contributed by atoms with van der Waals surface area (Å²) in [6.07, 6.45) is 2.52. The quantitative estimate of drug-likeness (QED) is 0.845. The van der Waals surface area contributed by atoms with Crippen molar-refractivity contribution in [1.82, 2.24) is 14.1 Å². The lowest BCUT2D eigenvalue weighted by Crippen LogP contribution is -2.50. The predicted octanol–water partition coefficient (Wildman–Crippen LogP) is 1.82. The SMILES string of the molecule is CCC(CC)(CO)NS(=O)(=O)c1c(Cl)nc2ccccn12. The number of hydrogen-bond acceptors (Lipinski definition) is 4. The Kier molecular flexibility index (Phi) is 4.57. The van der Waals surface area contributed by atoms with E-state index in [1.807, 2.05) is 13.8 Å². The Balaban J connectivity index is 2.55. The van der Waals surface area contributed by atoms with Crippen LogP contribution in [0.4, 0.5) is 0 Å². The van der Waals surface area contributed by atoms with Crippen LogP contribution in [0.5, 0.6) is 0 Å². The molecule has 21 heavy (non-hydrogen) atoms. The molecule has 116 valence electrons. The van der Waals surface area contributed by atoms with Gasteiger partial charge in [-0.25, -0.2) is 18.1 Å². The normalized spacial score (nSPS) is 13.0. The monoisotopic (exact) mass is 331 g/mol. The van der Waals surface area contributed by atoms with Gasteiger partial charge >= 0.3 is 0 Å². The molecule has 0 aliphatic carbocycles. The first kappa shape index (κ1) is 16.2. The number of hydrogen-bond donors (Lipinski definition) is 2. The van der Waals surface area contributed by atoms with E-state index < -0.39 is 15.6 Å². The minimum absolute atomic E-state index is 0.0901. The second-order valence-corrected chi connectivity index (χ2v) is 6.84. The molecule has 0 saturated heterocycles. The van der Waals surface area contributed by atoms with Crippen molar-refractivity contribution in [3.05, 3.63) is 29.5 Å². The van der Waals surface area contributed by atoms with Crippen molar-refractivity contribution >= 4 is 27.3 Å². The van der Waals surface area contributed by atoms with Crippen LogP contribution in [0.3, 0.4) is 0 Å². The number of rotatable bonds is 6. The number of aliphatic hydroxyl groups is 1. The van der Waals surface area contributed by atoms with Gasteiger partial charge in [0.05, 0.1) is 12.1 Å². The maximum Gasteiger partial charge on any atom is 0.260 e. The van der Waals surface area contributed by atoms with E-state index >= 15 is 0 Å². The van der Waals surface area contributed by atoms with E-state index in [0.717, 1.165) is 0 Å². The van der Waals surface area contributed by atoms with E-state index in [0.29, 0.717) is 18.5 Å². The summed E-state index contributed by atoms with van der Waals surface area (Å²) >= 11 is 6.00. The van der Waals surface area contributed by atoms with Crippen molar-refractivity contribution in [2.24, 2.45) is 0 Å². The molecular formula is C13H18ClN3O3S. The zero-order valence-corrected chi connectivity index (χ0v) is 13.4. The van der Waals surface area contributed by atoms with Crippen molar-refractivity contribution in [3.63, 3.8) is 0 Å². The molecule has 2 heterocycles. The summed E-state index contributed by atoms with van der Waals surface area (Å²) < 4.78 is 29.3. The molecule has 0 spiro atoms. The molecule has 0 aliphatic heterocycles. The summed E-state index contributed by atoms with van der Waals surface area (Å²) in [6.45, 7) is 3.35. The molecule has 2 aromatic heterocycles. The van der Waals surface area contributed by atoms with Crippen molar-refractivity contribution in [3.8, 4) is 0 Å². The van der Waals surface area contributed by atoms with Crippen LogP contribution in [0.25, 0.3) is 5.65 Å². The first-order valence-electron chi connectivity index (χ1n) is 6.66. The Morgan fingerprint density at radius 2 is 2.05 bits per heavy atom. The molecule has 0 radical (unpaired) electrons. The largest absolute Gasteiger partial charge is 0.394 e. The summed E-state index contributed by atoms with van der Waals surface area (Å²) in [7, 11) is -3.91. The van der Waals surface area contributed by atoms with Crippen LogP contribution in [0.15, 0.2) is 29.4 Å². The third-order valence-corrected chi connectivity index (χ3v) is 5.68. The number of sulfonamides is 1. The molecule has 0 atom stereocenters. The van der Waals surface area contributed by atoms with Gasteiger partial charge < -0.3 is 5.11 Å². The molecule has 0 aromatic carbocycles. The first-order valence-corrected chi connectivity index (χ1v) is 8.52. The second kappa shape index (κ2) is 5.92. The number of imidazole rings is 1. The molecule has 2 aromatic rings. The third kappa shape index (κ3) is 2.91. The lowest BCUT2D eigenvalue weighted by molar-refractivity contribution is 0.172. The molecule has 0 saturated carbocycles. The van der Waals surface area contributed by atoms with Gasteiger partial charge in [-0.1, -0.05) is 31.5 Å².